The molecule has 2 aliphatic heterocycles. The Hall–Kier alpha value is -3.26. The summed E-state index contributed by atoms with van der Waals surface area (Å²) in [6.07, 6.45) is 6.76. The van der Waals surface area contributed by atoms with Crippen molar-refractivity contribution in [1.29, 1.82) is 0 Å². The Kier molecular flexibility index (Phi) is 6.09. The van der Waals surface area contributed by atoms with Crippen LogP contribution in [0.15, 0.2) is 42.6 Å². The van der Waals surface area contributed by atoms with Gasteiger partial charge in [0.1, 0.15) is 17.9 Å². The number of aromatic nitrogens is 1. The molecule has 8 heteroatoms. The number of nitrogens with zero attached hydrogens (tertiary/aromatic N) is 2. The molecule has 172 valence electrons. The van der Waals surface area contributed by atoms with E-state index in [-0.39, 0.29) is 30.4 Å². The van der Waals surface area contributed by atoms with Gasteiger partial charge in [-0.05, 0) is 61.6 Å². The first-order valence-electron chi connectivity index (χ1n) is 11.7. The van der Waals surface area contributed by atoms with E-state index in [9.17, 15) is 14.4 Å². The SMILES string of the molecule is O=C1CCC(N2Cc3cc(OC4CCCCC4NCc4ccccn4)ccc3C2=O)C(=O)N1. The topological polar surface area (TPSA) is 101 Å². The quantitative estimate of drug-likeness (QED) is 0.658. The number of rotatable bonds is 6. The Morgan fingerprint density at radius 1 is 1.09 bits per heavy atom. The van der Waals surface area contributed by atoms with E-state index in [1.54, 1.807) is 17.2 Å². The van der Waals surface area contributed by atoms with E-state index in [1.165, 1.54) is 6.42 Å². The van der Waals surface area contributed by atoms with Gasteiger partial charge in [0.05, 0.1) is 5.69 Å². The van der Waals surface area contributed by atoms with Gasteiger partial charge in [0.25, 0.3) is 5.91 Å². The van der Waals surface area contributed by atoms with Gasteiger partial charge in [0, 0.05) is 37.3 Å². The third-order valence-corrected chi connectivity index (χ3v) is 6.76. The van der Waals surface area contributed by atoms with Crippen molar-refractivity contribution in [2.24, 2.45) is 0 Å². The fourth-order valence-electron chi connectivity index (χ4n) is 5.01. The van der Waals surface area contributed by atoms with E-state index in [2.05, 4.69) is 15.6 Å². The van der Waals surface area contributed by atoms with Crippen LogP contribution >= 0.6 is 0 Å². The number of carbonyl (C=O) groups excluding carboxylic acids is 3. The van der Waals surface area contributed by atoms with Gasteiger partial charge in [-0.1, -0.05) is 12.5 Å². The second-order valence-corrected chi connectivity index (χ2v) is 8.97. The van der Waals surface area contributed by atoms with Crippen molar-refractivity contribution < 1.29 is 19.1 Å². The van der Waals surface area contributed by atoms with Crippen LogP contribution in [-0.2, 0) is 22.7 Å². The van der Waals surface area contributed by atoms with Crippen LogP contribution in [0.1, 0.15) is 60.1 Å². The number of benzene rings is 1. The second-order valence-electron chi connectivity index (χ2n) is 8.97. The van der Waals surface area contributed by atoms with Gasteiger partial charge in [-0.2, -0.15) is 0 Å². The average Bonchev–Trinajstić information content (AvgIpc) is 3.14. The first kappa shape index (κ1) is 21.6. The minimum absolute atomic E-state index is 0.0452. The molecule has 1 aromatic carbocycles. The summed E-state index contributed by atoms with van der Waals surface area (Å²) < 4.78 is 6.40. The molecular weight excluding hydrogens is 420 g/mol. The number of ether oxygens (including phenoxy) is 1. The first-order valence-corrected chi connectivity index (χ1v) is 11.7. The standard InChI is InChI=1S/C25H28N4O4/c30-23-11-10-21(24(31)28-23)29-15-16-13-18(8-9-19(16)25(29)32)33-22-7-2-1-6-20(22)27-14-17-5-3-4-12-26-17/h3-5,8-9,12-13,20-22,27H,1-2,6-7,10-11,14-15H2,(H,28,30,31). The molecule has 3 unspecified atom stereocenters. The third-order valence-electron chi connectivity index (χ3n) is 6.76. The number of hydrogen-bond acceptors (Lipinski definition) is 6. The molecule has 2 N–H and O–H groups in total. The molecule has 1 saturated heterocycles. The predicted octanol–water partition coefficient (Wildman–Crippen LogP) is 2.32. The summed E-state index contributed by atoms with van der Waals surface area (Å²) in [5, 5.41) is 5.94. The largest absolute Gasteiger partial charge is 0.489 e. The van der Waals surface area contributed by atoms with Crippen molar-refractivity contribution in [3.63, 3.8) is 0 Å². The summed E-state index contributed by atoms with van der Waals surface area (Å²) in [7, 11) is 0. The number of hydrogen-bond donors (Lipinski definition) is 2. The molecule has 1 aromatic heterocycles. The summed E-state index contributed by atoms with van der Waals surface area (Å²) in [5.41, 5.74) is 2.46. The summed E-state index contributed by atoms with van der Waals surface area (Å²) in [6, 6.07) is 11.1. The van der Waals surface area contributed by atoms with E-state index in [0.717, 1.165) is 36.3 Å². The van der Waals surface area contributed by atoms with Crippen molar-refractivity contribution in [1.82, 2.24) is 20.5 Å². The molecule has 0 spiro atoms. The normalized spacial score (nSPS) is 25.0. The van der Waals surface area contributed by atoms with Crippen molar-refractivity contribution in [3.8, 4) is 5.75 Å². The van der Waals surface area contributed by atoms with E-state index in [0.29, 0.717) is 25.1 Å². The number of imide groups is 1. The van der Waals surface area contributed by atoms with Gasteiger partial charge in [0.2, 0.25) is 11.8 Å². The number of amides is 3. The maximum Gasteiger partial charge on any atom is 0.255 e. The Morgan fingerprint density at radius 2 is 1.97 bits per heavy atom. The molecule has 3 heterocycles. The smallest absolute Gasteiger partial charge is 0.255 e. The Labute approximate surface area is 192 Å². The van der Waals surface area contributed by atoms with E-state index >= 15 is 0 Å². The molecule has 2 aromatic rings. The van der Waals surface area contributed by atoms with Crippen LogP contribution in [0.5, 0.6) is 5.75 Å². The van der Waals surface area contributed by atoms with Gasteiger partial charge in [-0.25, -0.2) is 0 Å². The minimum atomic E-state index is -0.606. The lowest BCUT2D eigenvalue weighted by molar-refractivity contribution is -0.136. The first-order chi connectivity index (χ1) is 16.1. The molecule has 3 atom stereocenters. The zero-order chi connectivity index (χ0) is 22.8. The molecule has 8 nitrogen and oxygen atoms in total. The van der Waals surface area contributed by atoms with Crippen molar-refractivity contribution in [3.05, 3.63) is 59.4 Å². The molecule has 0 bridgehead atoms. The van der Waals surface area contributed by atoms with E-state index in [1.807, 2.05) is 30.3 Å². The summed E-state index contributed by atoms with van der Waals surface area (Å²) >= 11 is 0. The molecule has 33 heavy (non-hydrogen) atoms. The predicted molar refractivity (Wildman–Crippen MR) is 120 cm³/mol. The highest BCUT2D eigenvalue weighted by molar-refractivity contribution is 6.05. The van der Waals surface area contributed by atoms with Gasteiger partial charge in [0.15, 0.2) is 0 Å². The summed E-state index contributed by atoms with van der Waals surface area (Å²) in [5.74, 6) is -0.107. The van der Waals surface area contributed by atoms with Crippen LogP contribution in [0.4, 0.5) is 0 Å². The maximum absolute atomic E-state index is 12.9. The van der Waals surface area contributed by atoms with Gasteiger partial charge in [-0.15, -0.1) is 0 Å². The van der Waals surface area contributed by atoms with Crippen LogP contribution in [0, 0.1) is 0 Å². The summed E-state index contributed by atoms with van der Waals surface area (Å²) in [4.78, 5) is 42.6. The number of carbonyl (C=O) groups is 3. The highest BCUT2D eigenvalue weighted by Gasteiger charge is 2.39. The van der Waals surface area contributed by atoms with Crippen LogP contribution in [0.3, 0.4) is 0 Å². The highest BCUT2D eigenvalue weighted by atomic mass is 16.5. The van der Waals surface area contributed by atoms with Crippen LogP contribution in [0.2, 0.25) is 0 Å². The fourth-order valence-corrected chi connectivity index (χ4v) is 5.01. The molecule has 3 aliphatic rings. The number of pyridine rings is 1. The van der Waals surface area contributed by atoms with Gasteiger partial charge >= 0.3 is 0 Å². The van der Waals surface area contributed by atoms with Crippen LogP contribution in [0.25, 0.3) is 0 Å². The molecule has 3 amide bonds. The Balaban J connectivity index is 1.25. The van der Waals surface area contributed by atoms with Gasteiger partial charge in [-0.3, -0.25) is 24.7 Å². The second kappa shape index (κ2) is 9.31. The maximum atomic E-state index is 12.9. The number of fused-ring (bicyclic) bond motifs is 1. The lowest BCUT2D eigenvalue weighted by Gasteiger charge is -2.32. The van der Waals surface area contributed by atoms with Gasteiger partial charge < -0.3 is 15.0 Å². The van der Waals surface area contributed by atoms with Crippen molar-refractivity contribution in [2.45, 2.75) is 69.8 Å². The average molecular weight is 449 g/mol. The fraction of sp³-hybridized carbons (Fsp3) is 0.440. The molecule has 1 saturated carbocycles. The van der Waals surface area contributed by atoms with E-state index in [4.69, 9.17) is 4.74 Å². The lowest BCUT2D eigenvalue weighted by atomic mass is 9.92. The summed E-state index contributed by atoms with van der Waals surface area (Å²) in [6.45, 7) is 1.05. The van der Waals surface area contributed by atoms with E-state index < -0.39 is 11.9 Å². The molecule has 2 fully saturated rings. The monoisotopic (exact) mass is 448 g/mol. The number of piperidine rings is 1. The molecule has 5 rings (SSSR count). The Morgan fingerprint density at radius 3 is 2.79 bits per heavy atom. The third kappa shape index (κ3) is 4.61. The zero-order valence-electron chi connectivity index (χ0n) is 18.5. The molecular formula is C25H28N4O4. The molecule has 0 radical (unpaired) electrons. The van der Waals surface area contributed by atoms with Crippen molar-refractivity contribution >= 4 is 17.7 Å². The lowest BCUT2D eigenvalue weighted by Crippen LogP contribution is -2.52. The Bertz CT molecular complexity index is 1060. The highest BCUT2D eigenvalue weighted by Crippen LogP contribution is 2.32. The van der Waals surface area contributed by atoms with Crippen LogP contribution < -0.4 is 15.4 Å². The van der Waals surface area contributed by atoms with Crippen LogP contribution in [-0.4, -0.2) is 45.8 Å². The molecule has 1 aliphatic carbocycles. The zero-order valence-corrected chi connectivity index (χ0v) is 18.5. The number of nitrogens with one attached hydrogen (secondary N) is 2. The minimum Gasteiger partial charge on any atom is -0.489 e. The van der Waals surface area contributed by atoms with Crippen molar-refractivity contribution in [2.75, 3.05) is 0 Å².